The van der Waals surface area contributed by atoms with Crippen molar-refractivity contribution < 1.29 is 14.3 Å². The van der Waals surface area contributed by atoms with Gasteiger partial charge in [0.05, 0.1) is 11.1 Å². The molecule has 1 aromatic heterocycles. The van der Waals surface area contributed by atoms with Gasteiger partial charge in [-0.25, -0.2) is 9.18 Å². The Morgan fingerprint density at radius 2 is 2.20 bits per heavy atom. The van der Waals surface area contributed by atoms with E-state index >= 15 is 0 Å². The van der Waals surface area contributed by atoms with Gasteiger partial charge in [0, 0.05) is 11.6 Å². The first-order valence-corrected chi connectivity index (χ1v) is 4.38. The lowest BCUT2D eigenvalue weighted by atomic mass is 10.1. The van der Waals surface area contributed by atoms with Gasteiger partial charge in [-0.05, 0) is 30.7 Å². The van der Waals surface area contributed by atoms with Crippen LogP contribution in [0.2, 0.25) is 0 Å². The van der Waals surface area contributed by atoms with E-state index in [9.17, 15) is 9.18 Å². The minimum atomic E-state index is -1.08. The summed E-state index contributed by atoms with van der Waals surface area (Å²) in [5.41, 5.74) is 1.02. The minimum absolute atomic E-state index is 0.0684. The average molecular weight is 205 g/mol. The van der Waals surface area contributed by atoms with Crippen LogP contribution >= 0.6 is 0 Å². The Hall–Kier alpha value is -1.97. The van der Waals surface area contributed by atoms with Gasteiger partial charge in [-0.3, -0.25) is 4.98 Å². The highest BCUT2D eigenvalue weighted by molar-refractivity contribution is 6.02. The number of carbonyl (C=O) groups is 1. The molecule has 0 spiro atoms. The van der Waals surface area contributed by atoms with Crippen LogP contribution in [-0.2, 0) is 0 Å². The van der Waals surface area contributed by atoms with Crippen LogP contribution in [0.4, 0.5) is 4.39 Å². The molecule has 0 saturated carbocycles. The number of carboxylic acid groups (broad SMARTS) is 1. The first-order valence-electron chi connectivity index (χ1n) is 4.38. The van der Waals surface area contributed by atoms with Crippen molar-refractivity contribution in [3.05, 3.63) is 41.3 Å². The highest BCUT2D eigenvalue weighted by Gasteiger charge is 2.10. The van der Waals surface area contributed by atoms with Gasteiger partial charge in [-0.1, -0.05) is 0 Å². The smallest absolute Gasteiger partial charge is 0.336 e. The fraction of sp³-hybridized carbons (Fsp3) is 0.0909. The van der Waals surface area contributed by atoms with Crippen molar-refractivity contribution in [2.24, 2.45) is 0 Å². The summed E-state index contributed by atoms with van der Waals surface area (Å²) in [6.07, 6.45) is 1.41. The van der Waals surface area contributed by atoms with Crippen LogP contribution in [0.1, 0.15) is 15.9 Å². The van der Waals surface area contributed by atoms with Crippen molar-refractivity contribution in [3.8, 4) is 0 Å². The maximum absolute atomic E-state index is 13.3. The maximum Gasteiger partial charge on any atom is 0.336 e. The third-order valence-electron chi connectivity index (χ3n) is 2.25. The number of carboxylic acids is 1. The molecule has 0 aliphatic rings. The van der Waals surface area contributed by atoms with Gasteiger partial charge in [0.15, 0.2) is 0 Å². The number of hydrogen-bond acceptors (Lipinski definition) is 2. The molecule has 3 nitrogen and oxygen atoms in total. The molecule has 4 heteroatoms. The lowest BCUT2D eigenvalue weighted by molar-refractivity contribution is 0.0699. The standard InChI is InChI=1S/C11H8FNO2/c1-6-4-10-8(5-9(6)12)7(11(14)15)2-3-13-10/h2-5H,1H3,(H,14,15). The van der Waals surface area contributed by atoms with E-state index in [1.807, 2.05) is 0 Å². The predicted molar refractivity (Wildman–Crippen MR) is 53.4 cm³/mol. The second-order valence-electron chi connectivity index (χ2n) is 3.28. The molecule has 0 amide bonds. The molecule has 0 aliphatic carbocycles. The van der Waals surface area contributed by atoms with E-state index in [0.717, 1.165) is 0 Å². The van der Waals surface area contributed by atoms with Crippen LogP contribution < -0.4 is 0 Å². The van der Waals surface area contributed by atoms with Crippen molar-refractivity contribution in [2.45, 2.75) is 6.92 Å². The number of aromatic nitrogens is 1. The largest absolute Gasteiger partial charge is 0.478 e. The molecule has 15 heavy (non-hydrogen) atoms. The van der Waals surface area contributed by atoms with Crippen molar-refractivity contribution in [3.63, 3.8) is 0 Å². The summed E-state index contributed by atoms with van der Waals surface area (Å²) in [6, 6.07) is 4.11. The van der Waals surface area contributed by atoms with Crippen LogP contribution in [0.25, 0.3) is 10.9 Å². The Morgan fingerprint density at radius 3 is 2.87 bits per heavy atom. The second-order valence-corrected chi connectivity index (χ2v) is 3.28. The fourth-order valence-corrected chi connectivity index (χ4v) is 1.46. The van der Waals surface area contributed by atoms with E-state index in [-0.39, 0.29) is 5.56 Å². The van der Waals surface area contributed by atoms with Crippen molar-refractivity contribution in [2.75, 3.05) is 0 Å². The topological polar surface area (TPSA) is 50.2 Å². The van der Waals surface area contributed by atoms with Crippen molar-refractivity contribution >= 4 is 16.9 Å². The molecule has 1 heterocycles. The highest BCUT2D eigenvalue weighted by atomic mass is 19.1. The van der Waals surface area contributed by atoms with E-state index in [1.54, 1.807) is 6.92 Å². The molecular weight excluding hydrogens is 197 g/mol. The first kappa shape index (κ1) is 9.58. The van der Waals surface area contributed by atoms with Gasteiger partial charge in [0.25, 0.3) is 0 Å². The van der Waals surface area contributed by atoms with Crippen LogP contribution in [0.5, 0.6) is 0 Å². The molecule has 76 valence electrons. The van der Waals surface area contributed by atoms with Gasteiger partial charge in [-0.15, -0.1) is 0 Å². The number of aryl methyl sites for hydroxylation is 1. The molecule has 0 aliphatic heterocycles. The highest BCUT2D eigenvalue weighted by Crippen LogP contribution is 2.20. The molecule has 0 fully saturated rings. The van der Waals surface area contributed by atoms with Crippen LogP contribution in [-0.4, -0.2) is 16.1 Å². The third kappa shape index (κ3) is 1.54. The number of hydrogen-bond donors (Lipinski definition) is 1. The predicted octanol–water partition coefficient (Wildman–Crippen LogP) is 2.38. The molecule has 1 aromatic carbocycles. The summed E-state index contributed by atoms with van der Waals surface area (Å²) in [5.74, 6) is -1.50. The Balaban J connectivity index is 2.86. The van der Waals surface area contributed by atoms with E-state index in [1.165, 1.54) is 24.4 Å². The Labute approximate surface area is 85.2 Å². The molecule has 0 saturated heterocycles. The summed E-state index contributed by atoms with van der Waals surface area (Å²) >= 11 is 0. The monoisotopic (exact) mass is 205 g/mol. The fourth-order valence-electron chi connectivity index (χ4n) is 1.46. The Kier molecular flexibility index (Phi) is 2.11. The summed E-state index contributed by atoms with van der Waals surface area (Å²) in [6.45, 7) is 1.61. The summed E-state index contributed by atoms with van der Waals surface area (Å²) in [4.78, 5) is 14.9. The number of benzene rings is 1. The quantitative estimate of drug-likeness (QED) is 0.777. The number of rotatable bonds is 1. The number of nitrogens with zero attached hydrogens (tertiary/aromatic N) is 1. The SMILES string of the molecule is Cc1cc2nccc(C(=O)O)c2cc1F. The lowest BCUT2D eigenvalue weighted by Gasteiger charge is -2.03. The van der Waals surface area contributed by atoms with Crippen LogP contribution in [0.15, 0.2) is 24.4 Å². The Morgan fingerprint density at radius 1 is 1.47 bits per heavy atom. The zero-order valence-electron chi connectivity index (χ0n) is 7.99. The molecule has 0 unspecified atom stereocenters. The molecular formula is C11H8FNO2. The molecule has 0 radical (unpaired) electrons. The number of fused-ring (bicyclic) bond motifs is 1. The number of aromatic carboxylic acids is 1. The normalized spacial score (nSPS) is 10.5. The first-order chi connectivity index (χ1) is 7.09. The molecule has 2 aromatic rings. The van der Waals surface area contributed by atoms with Crippen molar-refractivity contribution in [1.82, 2.24) is 4.98 Å². The minimum Gasteiger partial charge on any atom is -0.478 e. The van der Waals surface area contributed by atoms with Gasteiger partial charge in [0.2, 0.25) is 0 Å². The van der Waals surface area contributed by atoms with Gasteiger partial charge in [0.1, 0.15) is 5.82 Å². The van der Waals surface area contributed by atoms with E-state index in [4.69, 9.17) is 5.11 Å². The molecule has 2 rings (SSSR count). The zero-order valence-corrected chi connectivity index (χ0v) is 7.99. The van der Waals surface area contributed by atoms with Crippen LogP contribution in [0.3, 0.4) is 0 Å². The van der Waals surface area contributed by atoms with Crippen molar-refractivity contribution in [1.29, 1.82) is 0 Å². The summed E-state index contributed by atoms with van der Waals surface area (Å²) < 4.78 is 13.3. The van der Waals surface area contributed by atoms with Gasteiger partial charge >= 0.3 is 5.97 Å². The van der Waals surface area contributed by atoms with E-state index < -0.39 is 11.8 Å². The van der Waals surface area contributed by atoms with Gasteiger partial charge in [-0.2, -0.15) is 0 Å². The van der Waals surface area contributed by atoms with E-state index in [0.29, 0.717) is 16.5 Å². The average Bonchev–Trinajstić information content (AvgIpc) is 2.18. The summed E-state index contributed by atoms with van der Waals surface area (Å²) in [7, 11) is 0. The maximum atomic E-state index is 13.3. The Bertz CT molecular complexity index is 552. The number of pyridine rings is 1. The number of halogens is 1. The molecule has 0 atom stereocenters. The van der Waals surface area contributed by atoms with Gasteiger partial charge < -0.3 is 5.11 Å². The lowest BCUT2D eigenvalue weighted by Crippen LogP contribution is -1.99. The zero-order chi connectivity index (χ0) is 11.0. The van der Waals surface area contributed by atoms with E-state index in [2.05, 4.69) is 4.98 Å². The molecule has 1 N–H and O–H groups in total. The molecule has 0 bridgehead atoms. The third-order valence-corrected chi connectivity index (χ3v) is 2.25. The second kappa shape index (κ2) is 3.31. The summed E-state index contributed by atoms with van der Waals surface area (Å²) in [5, 5.41) is 9.22. The van der Waals surface area contributed by atoms with Crippen LogP contribution in [0, 0.1) is 12.7 Å².